The number of aromatic nitrogens is 2. The van der Waals surface area contributed by atoms with E-state index >= 15 is 0 Å². The highest BCUT2D eigenvalue weighted by Gasteiger charge is 2.25. The van der Waals surface area contributed by atoms with Crippen LogP contribution in [0.25, 0.3) is 0 Å². The summed E-state index contributed by atoms with van der Waals surface area (Å²) in [6.07, 6.45) is 3.06. The molecule has 0 aliphatic carbocycles. The first-order valence-electron chi connectivity index (χ1n) is 6.19. The summed E-state index contributed by atoms with van der Waals surface area (Å²) in [5.41, 5.74) is -0.203. The van der Waals surface area contributed by atoms with Gasteiger partial charge in [0.1, 0.15) is 0 Å². The average Bonchev–Trinajstić information content (AvgIpc) is 2.88. The Morgan fingerprint density at radius 2 is 2.21 bits per heavy atom. The molecule has 2 rings (SSSR count). The Morgan fingerprint density at radius 3 is 2.84 bits per heavy atom. The fourth-order valence-electron chi connectivity index (χ4n) is 2.20. The van der Waals surface area contributed by atoms with Crippen LogP contribution in [0.1, 0.15) is 33.8 Å². The first-order chi connectivity index (χ1) is 9.09. The molecule has 2 heterocycles. The number of hydrogen-bond acceptors (Lipinski definition) is 4. The second-order valence-corrected chi connectivity index (χ2v) is 4.67. The van der Waals surface area contributed by atoms with Gasteiger partial charge in [-0.15, -0.1) is 0 Å². The highest BCUT2D eigenvalue weighted by atomic mass is 16.5. The molecule has 1 saturated heterocycles. The topological polar surface area (TPSA) is 95.5 Å². The first kappa shape index (κ1) is 13.5. The largest absolute Gasteiger partial charge is 0.477 e. The van der Waals surface area contributed by atoms with Gasteiger partial charge in [-0.05, 0) is 18.8 Å². The Kier molecular flexibility index (Phi) is 4.16. The van der Waals surface area contributed by atoms with Crippen LogP contribution in [0.2, 0.25) is 0 Å². The molecule has 1 aromatic heterocycles. The van der Waals surface area contributed by atoms with Crippen LogP contribution in [0.15, 0.2) is 6.33 Å². The van der Waals surface area contributed by atoms with Crippen LogP contribution < -0.4 is 0 Å². The molecule has 1 aliphatic heterocycles. The molecule has 2 N–H and O–H groups in total. The fourth-order valence-corrected chi connectivity index (χ4v) is 2.20. The zero-order valence-electron chi connectivity index (χ0n) is 10.8. The lowest BCUT2D eigenvalue weighted by atomic mass is 10.00. The number of carboxylic acids is 1. The SMILES string of the molecule is CN(CC1CCOCC1)C(=O)c1nc[nH]c1C(=O)O. The van der Waals surface area contributed by atoms with Crippen LogP contribution in [-0.4, -0.2) is 58.7 Å². The van der Waals surface area contributed by atoms with E-state index in [1.54, 1.807) is 7.05 Å². The lowest BCUT2D eigenvalue weighted by molar-refractivity contribution is 0.0492. The number of carbonyl (C=O) groups is 2. The lowest BCUT2D eigenvalue weighted by Gasteiger charge is -2.26. The Hall–Kier alpha value is -1.89. The highest BCUT2D eigenvalue weighted by Crippen LogP contribution is 2.17. The average molecular weight is 267 g/mol. The lowest BCUT2D eigenvalue weighted by Crippen LogP contribution is -2.35. The second-order valence-electron chi connectivity index (χ2n) is 4.67. The Labute approximate surface area is 110 Å². The zero-order chi connectivity index (χ0) is 13.8. The summed E-state index contributed by atoms with van der Waals surface area (Å²) in [5.74, 6) is -1.15. The van der Waals surface area contributed by atoms with E-state index in [-0.39, 0.29) is 17.3 Å². The van der Waals surface area contributed by atoms with Crippen molar-refractivity contribution >= 4 is 11.9 Å². The second kappa shape index (κ2) is 5.83. The maximum absolute atomic E-state index is 12.2. The number of H-pyrrole nitrogens is 1. The van der Waals surface area contributed by atoms with E-state index in [1.807, 2.05) is 0 Å². The van der Waals surface area contributed by atoms with Gasteiger partial charge in [0.15, 0.2) is 11.4 Å². The van der Waals surface area contributed by atoms with Gasteiger partial charge in [0.05, 0.1) is 6.33 Å². The summed E-state index contributed by atoms with van der Waals surface area (Å²) in [5, 5.41) is 8.95. The third-order valence-corrected chi connectivity index (χ3v) is 3.28. The van der Waals surface area contributed by atoms with Crippen molar-refractivity contribution in [1.82, 2.24) is 14.9 Å². The van der Waals surface area contributed by atoms with E-state index in [9.17, 15) is 9.59 Å². The number of aromatic carboxylic acids is 1. The Bertz CT molecular complexity index is 465. The molecule has 7 heteroatoms. The monoisotopic (exact) mass is 267 g/mol. The molecule has 0 unspecified atom stereocenters. The molecule has 0 spiro atoms. The van der Waals surface area contributed by atoms with Gasteiger partial charge >= 0.3 is 5.97 Å². The number of hydrogen-bond donors (Lipinski definition) is 2. The highest BCUT2D eigenvalue weighted by molar-refractivity contribution is 6.02. The van der Waals surface area contributed by atoms with Gasteiger partial charge in [0.2, 0.25) is 0 Å². The minimum Gasteiger partial charge on any atom is -0.477 e. The maximum atomic E-state index is 12.2. The predicted octanol–water partition coefficient (Wildman–Crippen LogP) is 0.607. The summed E-state index contributed by atoms with van der Waals surface area (Å²) in [6, 6.07) is 0. The summed E-state index contributed by atoms with van der Waals surface area (Å²) in [4.78, 5) is 30.9. The van der Waals surface area contributed by atoms with Crippen LogP contribution in [-0.2, 0) is 4.74 Å². The van der Waals surface area contributed by atoms with E-state index in [0.717, 1.165) is 26.1 Å². The smallest absolute Gasteiger partial charge is 0.354 e. The van der Waals surface area contributed by atoms with E-state index in [0.29, 0.717) is 12.5 Å². The summed E-state index contributed by atoms with van der Waals surface area (Å²) in [7, 11) is 1.66. The van der Waals surface area contributed by atoms with Gasteiger partial charge in [-0.25, -0.2) is 9.78 Å². The number of amides is 1. The number of carbonyl (C=O) groups excluding carboxylic acids is 1. The molecule has 1 aromatic rings. The number of imidazole rings is 1. The number of nitrogens with zero attached hydrogens (tertiary/aromatic N) is 2. The van der Waals surface area contributed by atoms with Crippen LogP contribution in [0.4, 0.5) is 0 Å². The molecular weight excluding hydrogens is 250 g/mol. The molecule has 0 atom stereocenters. The molecule has 1 aliphatic rings. The number of aromatic amines is 1. The number of carboxylic acid groups (broad SMARTS) is 1. The normalized spacial score (nSPS) is 16.3. The van der Waals surface area contributed by atoms with Crippen molar-refractivity contribution in [1.29, 1.82) is 0 Å². The van der Waals surface area contributed by atoms with Gasteiger partial charge < -0.3 is 19.7 Å². The zero-order valence-corrected chi connectivity index (χ0v) is 10.8. The Morgan fingerprint density at radius 1 is 1.53 bits per heavy atom. The van der Waals surface area contributed by atoms with Gasteiger partial charge in [-0.3, -0.25) is 4.79 Å². The number of ether oxygens (including phenoxy) is 1. The van der Waals surface area contributed by atoms with Crippen molar-refractivity contribution in [3.63, 3.8) is 0 Å². The van der Waals surface area contributed by atoms with Crippen LogP contribution in [0, 0.1) is 5.92 Å². The third-order valence-electron chi connectivity index (χ3n) is 3.28. The predicted molar refractivity (Wildman–Crippen MR) is 66.1 cm³/mol. The number of nitrogens with one attached hydrogen (secondary N) is 1. The van der Waals surface area contributed by atoms with Crippen molar-refractivity contribution in [2.75, 3.05) is 26.8 Å². The van der Waals surface area contributed by atoms with Crippen LogP contribution in [0.5, 0.6) is 0 Å². The minimum absolute atomic E-state index is 0.0398. The molecule has 0 radical (unpaired) electrons. The molecule has 1 fully saturated rings. The molecule has 104 valence electrons. The summed E-state index contributed by atoms with van der Waals surface area (Å²) in [6.45, 7) is 2.03. The van der Waals surface area contributed by atoms with E-state index in [4.69, 9.17) is 9.84 Å². The van der Waals surface area contributed by atoms with Crippen molar-refractivity contribution in [2.24, 2.45) is 5.92 Å². The number of rotatable bonds is 4. The summed E-state index contributed by atoms with van der Waals surface area (Å²) < 4.78 is 5.27. The van der Waals surface area contributed by atoms with Gasteiger partial charge in [-0.1, -0.05) is 0 Å². The first-order valence-corrected chi connectivity index (χ1v) is 6.19. The molecule has 0 saturated carbocycles. The molecular formula is C12H17N3O4. The van der Waals surface area contributed by atoms with Crippen molar-refractivity contribution < 1.29 is 19.4 Å². The third kappa shape index (κ3) is 3.11. The fraction of sp³-hybridized carbons (Fsp3) is 0.583. The quantitative estimate of drug-likeness (QED) is 0.833. The van der Waals surface area contributed by atoms with Crippen LogP contribution >= 0.6 is 0 Å². The summed E-state index contributed by atoms with van der Waals surface area (Å²) >= 11 is 0. The van der Waals surface area contributed by atoms with Crippen molar-refractivity contribution in [3.8, 4) is 0 Å². The van der Waals surface area contributed by atoms with Crippen LogP contribution in [0.3, 0.4) is 0 Å². The maximum Gasteiger partial charge on any atom is 0.354 e. The van der Waals surface area contributed by atoms with Gasteiger partial charge in [0.25, 0.3) is 5.91 Å². The van der Waals surface area contributed by atoms with Gasteiger partial charge in [-0.2, -0.15) is 0 Å². The van der Waals surface area contributed by atoms with Crippen molar-refractivity contribution in [3.05, 3.63) is 17.7 Å². The molecule has 0 bridgehead atoms. The molecule has 7 nitrogen and oxygen atoms in total. The molecule has 19 heavy (non-hydrogen) atoms. The molecule has 0 aromatic carbocycles. The molecule has 1 amide bonds. The van der Waals surface area contributed by atoms with E-state index in [1.165, 1.54) is 11.2 Å². The van der Waals surface area contributed by atoms with Crippen molar-refractivity contribution in [2.45, 2.75) is 12.8 Å². The van der Waals surface area contributed by atoms with E-state index in [2.05, 4.69) is 9.97 Å². The van der Waals surface area contributed by atoms with Gasteiger partial charge in [0, 0.05) is 26.8 Å². The van der Waals surface area contributed by atoms with E-state index < -0.39 is 5.97 Å². The standard InChI is InChI=1S/C12H17N3O4/c1-15(6-8-2-4-19-5-3-8)11(16)9-10(12(17)18)14-7-13-9/h7-8H,2-6H2,1H3,(H,13,14)(H,17,18). The Balaban J connectivity index is 2.01. The minimum atomic E-state index is -1.18.